The standard InChI is InChI=1S/C11H13N2/c1-11(2)7-10-12-6-4-3-5-9(12)8-13(10)11/h3-6,8H,7H2,1-2H3/q+1/i3T,4T,5T,6T,8T. The molecule has 0 amide bonds. The number of imidazole rings is 1. The van der Waals surface area contributed by atoms with Crippen LogP contribution in [0.2, 0.25) is 0 Å². The molecule has 0 spiro atoms. The number of fused-ring (bicyclic) bond motifs is 3. The van der Waals surface area contributed by atoms with Gasteiger partial charge in [-0.3, -0.25) is 0 Å². The van der Waals surface area contributed by atoms with Crippen LogP contribution in [-0.2, 0) is 12.0 Å². The predicted molar refractivity (Wildman–Crippen MR) is 50.6 cm³/mol. The van der Waals surface area contributed by atoms with Gasteiger partial charge in [0.1, 0.15) is 14.5 Å². The van der Waals surface area contributed by atoms with Gasteiger partial charge in [0.25, 0.3) is 5.82 Å². The van der Waals surface area contributed by atoms with Crippen molar-refractivity contribution in [2.45, 2.75) is 25.8 Å². The fourth-order valence-corrected chi connectivity index (χ4v) is 1.86. The zero-order valence-electron chi connectivity index (χ0n) is 12.6. The molecule has 0 aliphatic carbocycles. The molecule has 0 saturated carbocycles. The van der Waals surface area contributed by atoms with Gasteiger partial charge in [0.15, 0.2) is 5.52 Å². The maximum Gasteiger partial charge on any atom is 0.266 e. The molecule has 0 N–H and O–H groups in total. The Hall–Kier alpha value is -1.31. The molecule has 2 heteroatoms. The molecule has 0 radical (unpaired) electrons. The van der Waals surface area contributed by atoms with Crippen molar-refractivity contribution in [2.75, 3.05) is 0 Å². The summed E-state index contributed by atoms with van der Waals surface area (Å²) in [6, 6.07) is -0.675. The predicted octanol–water partition coefficient (Wildman–Crippen LogP) is 1.52. The summed E-state index contributed by atoms with van der Waals surface area (Å²) < 4.78 is 42.5. The largest absolute Gasteiger partial charge is 0.266 e. The lowest BCUT2D eigenvalue weighted by atomic mass is 9.92. The zero-order chi connectivity index (χ0) is 13.4. The Morgan fingerprint density at radius 2 is 2.38 bits per heavy atom. The Morgan fingerprint density at radius 3 is 3.15 bits per heavy atom. The Bertz CT molecular complexity index is 657. The molecule has 2 nitrogen and oxygen atoms in total. The van der Waals surface area contributed by atoms with E-state index in [1.165, 1.54) is 4.40 Å². The zero-order valence-corrected chi connectivity index (χ0v) is 7.60. The minimum atomic E-state index is -0.281. The van der Waals surface area contributed by atoms with Gasteiger partial charge in [-0.1, -0.05) is 6.04 Å². The van der Waals surface area contributed by atoms with Crippen LogP contribution in [0, 0.1) is 0 Å². The molecule has 66 valence electrons. The average Bonchev–Trinajstić information content (AvgIpc) is 2.52. The van der Waals surface area contributed by atoms with Crippen LogP contribution in [0.15, 0.2) is 30.5 Å². The fraction of sp³-hybridized carbons (Fsp3) is 0.364. The molecular formula is C11H13N2+. The van der Waals surface area contributed by atoms with E-state index in [0.717, 1.165) is 5.82 Å². The summed E-state index contributed by atoms with van der Waals surface area (Å²) in [5.74, 6) is 0.770. The van der Waals surface area contributed by atoms with Crippen LogP contribution in [0.5, 0.6) is 0 Å². The number of rotatable bonds is 0. The minimum Gasteiger partial charge on any atom is -0.228 e. The van der Waals surface area contributed by atoms with Gasteiger partial charge in [0.2, 0.25) is 0 Å². The van der Waals surface area contributed by atoms with E-state index in [-0.39, 0.29) is 41.5 Å². The molecule has 1 aliphatic rings. The first-order chi connectivity index (χ1) is 8.27. The molecule has 0 aromatic carbocycles. The summed E-state index contributed by atoms with van der Waals surface area (Å²) in [7, 11) is 0. The van der Waals surface area contributed by atoms with E-state index in [1.54, 1.807) is 4.57 Å². The van der Waals surface area contributed by atoms with Crippen molar-refractivity contribution in [2.24, 2.45) is 0 Å². The normalized spacial score (nSPS) is 23.7. The number of hydrogen-bond acceptors (Lipinski definition) is 0. The van der Waals surface area contributed by atoms with E-state index >= 15 is 0 Å². The van der Waals surface area contributed by atoms with Crippen LogP contribution < -0.4 is 4.57 Å². The molecule has 2 aromatic rings. The summed E-state index contributed by atoms with van der Waals surface area (Å²) >= 11 is 0. The summed E-state index contributed by atoms with van der Waals surface area (Å²) in [6.45, 7) is 3.99. The van der Waals surface area contributed by atoms with Gasteiger partial charge in [0, 0.05) is 0 Å². The lowest BCUT2D eigenvalue weighted by Crippen LogP contribution is -2.64. The van der Waals surface area contributed by atoms with Gasteiger partial charge in [0.05, 0.1) is 16.7 Å². The first kappa shape index (κ1) is 3.82. The summed E-state index contributed by atoms with van der Waals surface area (Å²) in [4.78, 5) is 0. The van der Waals surface area contributed by atoms with Crippen LogP contribution in [0.4, 0.5) is 0 Å². The summed E-state index contributed by atoms with van der Waals surface area (Å²) in [6.07, 6.45) is 0.756. The number of nitrogens with zero attached hydrogens (tertiary/aromatic N) is 2. The molecule has 3 heterocycles. The Morgan fingerprint density at radius 1 is 1.54 bits per heavy atom. The third-order valence-corrected chi connectivity index (χ3v) is 2.56. The fourth-order valence-electron chi connectivity index (χ4n) is 1.86. The van der Waals surface area contributed by atoms with E-state index < -0.39 is 0 Å². The monoisotopic (exact) mass is 183 g/mol. The third kappa shape index (κ3) is 0.755. The Kier molecular flexibility index (Phi) is 0.574. The van der Waals surface area contributed by atoms with Crippen LogP contribution >= 0.6 is 0 Å². The molecule has 0 atom stereocenters. The topological polar surface area (TPSA) is 8.29 Å². The van der Waals surface area contributed by atoms with Gasteiger partial charge in [-0.25, -0.2) is 4.57 Å². The van der Waals surface area contributed by atoms with Crippen molar-refractivity contribution < 1.29 is 11.4 Å². The van der Waals surface area contributed by atoms with Gasteiger partial charge >= 0.3 is 0 Å². The van der Waals surface area contributed by atoms with E-state index in [0.29, 0.717) is 6.42 Å². The second-order valence-electron chi connectivity index (χ2n) is 4.02. The van der Waals surface area contributed by atoms with Crippen molar-refractivity contribution in [3.8, 4) is 0 Å². The van der Waals surface area contributed by atoms with Gasteiger partial charge < -0.3 is 0 Å². The highest BCUT2D eigenvalue weighted by Gasteiger charge is 2.43. The summed E-state index contributed by atoms with van der Waals surface area (Å²) in [5, 5.41) is 0. The van der Waals surface area contributed by atoms with Gasteiger partial charge in [-0.2, -0.15) is 4.40 Å². The highest BCUT2D eigenvalue weighted by molar-refractivity contribution is 5.44. The van der Waals surface area contributed by atoms with Gasteiger partial charge in [-0.05, 0) is 25.9 Å². The molecule has 0 fully saturated rings. The van der Waals surface area contributed by atoms with Crippen LogP contribution in [0.3, 0.4) is 0 Å². The second-order valence-corrected chi connectivity index (χ2v) is 4.02. The number of aromatic nitrogens is 2. The quantitative estimate of drug-likeness (QED) is 0.547. The van der Waals surface area contributed by atoms with Gasteiger partial charge in [-0.15, -0.1) is 0 Å². The second kappa shape index (κ2) is 1.95. The van der Waals surface area contributed by atoms with E-state index in [9.17, 15) is 0 Å². The summed E-state index contributed by atoms with van der Waals surface area (Å²) in [5.41, 5.74) is 0.0726. The molecular weight excluding hydrogens is 160 g/mol. The third-order valence-electron chi connectivity index (χ3n) is 2.56. The highest BCUT2D eigenvalue weighted by atomic mass is 15.2. The highest BCUT2D eigenvalue weighted by Crippen LogP contribution is 2.25. The molecule has 2 aromatic heterocycles. The molecule has 0 saturated heterocycles. The maximum atomic E-state index is 8.11. The van der Waals surface area contributed by atoms with Crippen LogP contribution in [0.1, 0.15) is 26.5 Å². The SMILES string of the molecule is [3H]c1c([3H])c([3H])n2c3[n+](c([3H])c2c1[3H])C(C)(C)C3. The molecule has 13 heavy (non-hydrogen) atoms. The molecule has 0 bridgehead atoms. The minimum absolute atomic E-state index is 0.108. The van der Waals surface area contributed by atoms with Crippen LogP contribution in [-0.4, -0.2) is 4.40 Å². The smallest absolute Gasteiger partial charge is 0.228 e. The van der Waals surface area contributed by atoms with Crippen molar-refractivity contribution >= 4 is 5.52 Å². The van der Waals surface area contributed by atoms with Crippen molar-refractivity contribution in [1.82, 2.24) is 4.40 Å². The molecule has 0 unspecified atom stereocenters. The Labute approximate surface area is 84.5 Å². The average molecular weight is 183 g/mol. The number of pyridine rings is 1. The van der Waals surface area contributed by atoms with Crippen LogP contribution in [0.25, 0.3) is 5.52 Å². The van der Waals surface area contributed by atoms with Crippen molar-refractivity contribution in [3.63, 3.8) is 0 Å². The number of hydrogen-bond donors (Lipinski definition) is 0. The maximum absolute atomic E-state index is 8.11. The lowest BCUT2D eigenvalue weighted by Gasteiger charge is -2.29. The molecule has 3 rings (SSSR count). The first-order valence-corrected chi connectivity index (χ1v) is 4.30. The van der Waals surface area contributed by atoms with E-state index in [1.807, 2.05) is 13.8 Å². The van der Waals surface area contributed by atoms with Crippen molar-refractivity contribution in [3.05, 3.63) is 36.3 Å². The van der Waals surface area contributed by atoms with E-state index in [4.69, 9.17) is 6.85 Å². The van der Waals surface area contributed by atoms with E-state index in [2.05, 4.69) is 0 Å². The first-order valence-electron chi connectivity index (χ1n) is 6.80. The Balaban J connectivity index is 2.56. The molecule has 1 aliphatic heterocycles. The van der Waals surface area contributed by atoms with Crippen molar-refractivity contribution in [1.29, 1.82) is 0 Å². The lowest BCUT2D eigenvalue weighted by molar-refractivity contribution is -0.803.